The summed E-state index contributed by atoms with van der Waals surface area (Å²) in [6, 6.07) is 8.18. The summed E-state index contributed by atoms with van der Waals surface area (Å²) in [5.74, 6) is -0.0607. The topological polar surface area (TPSA) is 37.4 Å². The van der Waals surface area contributed by atoms with E-state index in [1.807, 2.05) is 31.2 Å². The van der Waals surface area contributed by atoms with Gasteiger partial charge in [0.2, 0.25) is 11.1 Å². The lowest BCUT2D eigenvalue weighted by atomic mass is 9.77. The first-order valence-electron chi connectivity index (χ1n) is 8.08. The van der Waals surface area contributed by atoms with Crippen LogP contribution in [-0.2, 0) is 9.59 Å². The molecule has 22 heavy (non-hydrogen) atoms. The van der Waals surface area contributed by atoms with E-state index in [-0.39, 0.29) is 23.9 Å². The van der Waals surface area contributed by atoms with Crippen molar-refractivity contribution in [2.45, 2.75) is 56.9 Å². The smallest absolute Gasteiger partial charge is 0.241 e. The molecule has 0 N–H and O–H groups in total. The average molecular weight is 320 g/mol. The lowest BCUT2D eigenvalue weighted by Crippen LogP contribution is -2.48. The van der Waals surface area contributed by atoms with Crippen LogP contribution in [0.4, 0.5) is 0 Å². The second-order valence-electron chi connectivity index (χ2n) is 6.73. The number of carbonyl (C=O) groups excluding carboxylic acids is 2. The van der Waals surface area contributed by atoms with Crippen molar-refractivity contribution in [1.29, 1.82) is 0 Å². The van der Waals surface area contributed by atoms with Crippen molar-refractivity contribution in [2.24, 2.45) is 0 Å². The number of halogens is 1. The Morgan fingerprint density at radius 2 is 1.86 bits per heavy atom. The number of hydrogen-bond donors (Lipinski definition) is 0. The second-order valence-corrected chi connectivity index (χ2v) is 7.15. The van der Waals surface area contributed by atoms with E-state index in [0.29, 0.717) is 0 Å². The number of benzene rings is 1. The minimum atomic E-state index is -0.442. The summed E-state index contributed by atoms with van der Waals surface area (Å²) < 4.78 is 0. The largest absolute Gasteiger partial charge is 0.328 e. The average Bonchev–Trinajstić information content (AvgIpc) is 2.74. The Kier molecular flexibility index (Phi) is 4.26. The molecule has 0 bridgehead atoms. The molecule has 1 unspecified atom stereocenters. The molecule has 4 heteroatoms. The van der Waals surface area contributed by atoms with Gasteiger partial charge in [-0.05, 0) is 43.4 Å². The maximum Gasteiger partial charge on any atom is 0.241 e. The highest BCUT2D eigenvalue weighted by Gasteiger charge is 2.51. The fourth-order valence-corrected chi connectivity index (χ4v) is 4.23. The molecule has 1 aromatic rings. The van der Waals surface area contributed by atoms with Gasteiger partial charge < -0.3 is 4.90 Å². The van der Waals surface area contributed by atoms with Crippen LogP contribution in [0.25, 0.3) is 0 Å². The number of aryl methyl sites for hydroxylation is 1. The minimum Gasteiger partial charge on any atom is -0.328 e. The molecule has 1 saturated carbocycles. The Balaban J connectivity index is 1.92. The van der Waals surface area contributed by atoms with Crippen molar-refractivity contribution in [3.8, 4) is 0 Å². The Hall–Kier alpha value is -1.35. The van der Waals surface area contributed by atoms with Crippen molar-refractivity contribution in [3.05, 3.63) is 35.4 Å². The van der Waals surface area contributed by atoms with Crippen molar-refractivity contribution in [1.82, 2.24) is 4.90 Å². The molecule has 3 nitrogen and oxygen atoms in total. The predicted molar refractivity (Wildman–Crippen MR) is 86.9 cm³/mol. The van der Waals surface area contributed by atoms with E-state index < -0.39 is 5.24 Å². The number of hydrogen-bond acceptors (Lipinski definition) is 2. The minimum absolute atomic E-state index is 0.0444. The van der Waals surface area contributed by atoms with E-state index in [9.17, 15) is 9.59 Å². The number of amides is 1. The Labute approximate surface area is 136 Å². The zero-order valence-electron chi connectivity index (χ0n) is 13.0. The van der Waals surface area contributed by atoms with Crippen LogP contribution < -0.4 is 0 Å². The van der Waals surface area contributed by atoms with Gasteiger partial charge >= 0.3 is 0 Å². The van der Waals surface area contributed by atoms with Crippen molar-refractivity contribution in [2.75, 3.05) is 6.54 Å². The fraction of sp³-hybridized carbons (Fsp3) is 0.556. The van der Waals surface area contributed by atoms with Gasteiger partial charge in [-0.3, -0.25) is 9.59 Å². The van der Waals surface area contributed by atoms with Crippen molar-refractivity contribution in [3.63, 3.8) is 0 Å². The highest BCUT2D eigenvalue weighted by Crippen LogP contribution is 2.47. The van der Waals surface area contributed by atoms with Gasteiger partial charge in [-0.25, -0.2) is 0 Å². The van der Waals surface area contributed by atoms with Gasteiger partial charge in [0.15, 0.2) is 0 Å². The summed E-state index contributed by atoms with van der Waals surface area (Å²) in [7, 11) is 0. The normalized spacial score (nSPS) is 24.0. The molecule has 1 spiro atoms. The van der Waals surface area contributed by atoms with Gasteiger partial charge in [0.05, 0.1) is 12.5 Å². The van der Waals surface area contributed by atoms with Crippen LogP contribution in [-0.4, -0.2) is 28.1 Å². The third-order valence-corrected chi connectivity index (χ3v) is 5.39. The number of carbonyl (C=O) groups is 2. The molecule has 0 aromatic heterocycles. The van der Waals surface area contributed by atoms with E-state index in [0.717, 1.165) is 37.7 Å². The molecule has 1 heterocycles. The van der Waals surface area contributed by atoms with E-state index >= 15 is 0 Å². The molecule has 3 rings (SSSR count). The van der Waals surface area contributed by atoms with Crippen LogP contribution >= 0.6 is 11.6 Å². The van der Waals surface area contributed by atoms with Gasteiger partial charge in [0, 0.05) is 5.54 Å². The van der Waals surface area contributed by atoms with Gasteiger partial charge in [-0.2, -0.15) is 0 Å². The first-order valence-corrected chi connectivity index (χ1v) is 8.46. The number of likely N-dealkylation sites (tertiary alicyclic amines) is 1. The zero-order valence-corrected chi connectivity index (χ0v) is 13.7. The summed E-state index contributed by atoms with van der Waals surface area (Å²) in [5, 5.41) is -0.442. The molecule has 1 saturated heterocycles. The highest BCUT2D eigenvalue weighted by molar-refractivity contribution is 6.64. The Morgan fingerprint density at radius 1 is 1.23 bits per heavy atom. The monoisotopic (exact) mass is 319 g/mol. The lowest BCUT2D eigenvalue weighted by Gasteiger charge is -2.40. The molecule has 1 aliphatic carbocycles. The molecular weight excluding hydrogens is 298 g/mol. The molecule has 1 atom stereocenters. The Morgan fingerprint density at radius 3 is 2.45 bits per heavy atom. The third kappa shape index (κ3) is 2.79. The van der Waals surface area contributed by atoms with E-state index in [2.05, 4.69) is 0 Å². The third-order valence-electron chi connectivity index (χ3n) is 5.27. The van der Waals surface area contributed by atoms with Crippen LogP contribution in [0.5, 0.6) is 0 Å². The Bertz CT molecular complexity index is 575. The molecule has 1 amide bonds. The molecule has 1 aromatic carbocycles. The quantitative estimate of drug-likeness (QED) is 0.795. The van der Waals surface area contributed by atoms with Crippen molar-refractivity contribution >= 4 is 22.8 Å². The summed E-state index contributed by atoms with van der Waals surface area (Å²) in [6.07, 6.45) is 6.27. The van der Waals surface area contributed by atoms with Crippen molar-refractivity contribution < 1.29 is 9.59 Å². The maximum atomic E-state index is 12.9. The first-order chi connectivity index (χ1) is 10.5. The summed E-state index contributed by atoms with van der Waals surface area (Å²) in [4.78, 5) is 26.1. The summed E-state index contributed by atoms with van der Waals surface area (Å²) >= 11 is 5.61. The molecule has 0 radical (unpaired) electrons. The number of nitrogens with zero attached hydrogens (tertiary/aromatic N) is 1. The molecule has 1 aliphatic heterocycles. The van der Waals surface area contributed by atoms with Gasteiger partial charge in [-0.1, -0.05) is 49.1 Å². The summed E-state index contributed by atoms with van der Waals surface area (Å²) in [6.45, 7) is 2.09. The number of rotatable bonds is 3. The standard InChI is InChI=1S/C18H22ClNO2/c1-13-5-7-14(8-6-13)15-11-18(9-3-2-4-10-18)20(17(15)22)12-16(19)21/h5-8,15H,2-4,9-12H2,1H3. The van der Waals surface area contributed by atoms with Crippen LogP contribution in [0.3, 0.4) is 0 Å². The molecule has 2 fully saturated rings. The van der Waals surface area contributed by atoms with Crippen LogP contribution in [0, 0.1) is 6.92 Å². The maximum absolute atomic E-state index is 12.9. The van der Waals surface area contributed by atoms with Crippen LogP contribution in [0.2, 0.25) is 0 Å². The highest BCUT2D eigenvalue weighted by atomic mass is 35.5. The predicted octanol–water partition coefficient (Wildman–Crippen LogP) is 3.78. The van der Waals surface area contributed by atoms with Gasteiger partial charge in [0.25, 0.3) is 0 Å². The summed E-state index contributed by atoms with van der Waals surface area (Å²) in [5.41, 5.74) is 2.09. The van der Waals surface area contributed by atoms with E-state index in [1.54, 1.807) is 4.90 Å². The lowest BCUT2D eigenvalue weighted by molar-refractivity contribution is -0.135. The van der Waals surface area contributed by atoms with E-state index in [4.69, 9.17) is 11.6 Å². The molecular formula is C18H22ClNO2. The zero-order chi connectivity index (χ0) is 15.7. The second kappa shape index (κ2) is 6.04. The van der Waals surface area contributed by atoms with Crippen LogP contribution in [0.1, 0.15) is 55.6 Å². The van der Waals surface area contributed by atoms with Gasteiger partial charge in [-0.15, -0.1) is 0 Å². The first kappa shape index (κ1) is 15.5. The molecule has 2 aliphatic rings. The van der Waals surface area contributed by atoms with Crippen LogP contribution in [0.15, 0.2) is 24.3 Å². The SMILES string of the molecule is Cc1ccc(C2CC3(CCCCC3)N(CC(=O)Cl)C2=O)cc1. The molecule has 118 valence electrons. The fourth-order valence-electron chi connectivity index (χ4n) is 4.11. The van der Waals surface area contributed by atoms with Gasteiger partial charge in [0.1, 0.15) is 0 Å². The van der Waals surface area contributed by atoms with E-state index in [1.165, 1.54) is 12.0 Å².